The highest BCUT2D eigenvalue weighted by molar-refractivity contribution is 6.10. The molecule has 0 radical (unpaired) electrons. The fraction of sp³-hybridized carbons (Fsp3) is 0.0714. The van der Waals surface area contributed by atoms with Crippen LogP contribution in [0.3, 0.4) is 0 Å². The highest BCUT2D eigenvalue weighted by Gasteiger charge is 2.29. The Morgan fingerprint density at radius 3 is 1.35 bits per heavy atom. The van der Waals surface area contributed by atoms with E-state index >= 15 is 0 Å². The molecule has 6 nitrogen and oxygen atoms in total. The molecule has 0 saturated carbocycles. The molecule has 0 spiro atoms. The lowest BCUT2D eigenvalue weighted by molar-refractivity contribution is 0.716. The number of nitrogens with one attached hydrogen (secondary N) is 1. The molecule has 0 atom stereocenters. The molecule has 6 heteroatoms. The number of aromatic nitrogens is 2. The first-order valence-corrected chi connectivity index (χ1v) is 16.5. The molecule has 10 rings (SSSR count). The van der Waals surface area contributed by atoms with E-state index in [-0.39, 0.29) is 0 Å². The summed E-state index contributed by atoms with van der Waals surface area (Å²) >= 11 is 0. The van der Waals surface area contributed by atoms with Crippen molar-refractivity contribution >= 4 is 61.3 Å². The topological polar surface area (TPSA) is 40.7 Å². The fourth-order valence-electron chi connectivity index (χ4n) is 7.82. The maximum absolute atomic E-state index is 4.95. The minimum Gasteiger partial charge on any atom is -0.370 e. The van der Waals surface area contributed by atoms with E-state index in [9.17, 15) is 0 Å². The zero-order valence-corrected chi connectivity index (χ0v) is 26.3. The molecule has 1 N–H and O–H groups in total. The number of benzene rings is 6. The van der Waals surface area contributed by atoms with Gasteiger partial charge in [0.05, 0.1) is 40.6 Å². The van der Waals surface area contributed by atoms with E-state index in [1.807, 2.05) is 6.34 Å². The molecule has 4 heterocycles. The van der Waals surface area contributed by atoms with Crippen molar-refractivity contribution in [1.82, 2.24) is 14.5 Å². The molecular formula is C42H32N6. The second-order valence-corrected chi connectivity index (χ2v) is 12.5. The van der Waals surface area contributed by atoms with Crippen molar-refractivity contribution in [2.24, 2.45) is 4.99 Å². The summed E-state index contributed by atoms with van der Waals surface area (Å²) in [7, 11) is 0. The normalized spacial score (nSPS) is 14.8. The highest BCUT2D eigenvalue weighted by Crippen LogP contribution is 2.37. The Bertz CT molecular complexity index is 2500. The molecule has 0 unspecified atom stereocenters. The number of hydrogen-bond donors (Lipinski definition) is 1. The van der Waals surface area contributed by atoms with Crippen LogP contribution < -0.4 is 15.1 Å². The molecule has 0 saturated heterocycles. The average Bonchev–Trinajstić information content (AvgIpc) is 3.68. The Hall–Kier alpha value is -6.27. The fourth-order valence-corrected chi connectivity index (χ4v) is 7.82. The number of hydrogen-bond acceptors (Lipinski definition) is 4. The summed E-state index contributed by atoms with van der Waals surface area (Å²) < 4.78 is 4.77. The van der Waals surface area contributed by atoms with Crippen LogP contribution in [0.4, 0.5) is 11.4 Å². The molecule has 0 bridgehead atoms. The Morgan fingerprint density at radius 2 is 0.854 bits per heavy atom. The minimum absolute atomic E-state index is 0.710. The summed E-state index contributed by atoms with van der Waals surface area (Å²) in [5.74, 6) is 0.988. The van der Waals surface area contributed by atoms with Crippen molar-refractivity contribution in [3.05, 3.63) is 157 Å². The molecule has 2 aliphatic heterocycles. The number of fused-ring (bicyclic) bond motifs is 6. The molecule has 2 aromatic heterocycles. The van der Waals surface area contributed by atoms with Crippen LogP contribution >= 0.6 is 0 Å². The summed E-state index contributed by atoms with van der Waals surface area (Å²) in [6, 6.07) is 52.5. The Labute approximate surface area is 278 Å². The van der Waals surface area contributed by atoms with E-state index in [2.05, 4.69) is 170 Å². The van der Waals surface area contributed by atoms with E-state index < -0.39 is 0 Å². The van der Waals surface area contributed by atoms with Gasteiger partial charge in [-0.2, -0.15) is 0 Å². The maximum Gasteiger partial charge on any atom is 0.156 e. The smallest absolute Gasteiger partial charge is 0.156 e. The first-order valence-electron chi connectivity index (χ1n) is 16.5. The van der Waals surface area contributed by atoms with Crippen LogP contribution in [0.25, 0.3) is 55.0 Å². The van der Waals surface area contributed by atoms with Crippen molar-refractivity contribution in [2.45, 2.75) is 0 Å². The maximum atomic E-state index is 4.95. The second-order valence-electron chi connectivity index (χ2n) is 12.5. The first-order chi connectivity index (χ1) is 23.8. The van der Waals surface area contributed by atoms with Gasteiger partial charge in [-0.25, -0.2) is 4.99 Å². The quantitative estimate of drug-likeness (QED) is 0.214. The second kappa shape index (κ2) is 10.6. The van der Waals surface area contributed by atoms with E-state index in [4.69, 9.17) is 4.99 Å². The standard InChI is InChI=1S/C42H32N6/c1-5-19-37-33(15-1)34-16-2-6-20-38(34)47(37)31-13-9-11-29(25-31)45-23-24-46(42-41(45)27-43-28-44-42)30-12-10-14-32(26-30)48-39-21-7-3-17-35(39)36-18-4-8-22-40(36)48/h1-22,25-26,28H,23-24,27H2,(H,43,44). The number of anilines is 2. The average molecular weight is 621 g/mol. The third-order valence-corrected chi connectivity index (χ3v) is 9.89. The van der Waals surface area contributed by atoms with Crippen molar-refractivity contribution in [3.63, 3.8) is 0 Å². The molecule has 0 fully saturated rings. The number of para-hydroxylation sites is 4. The van der Waals surface area contributed by atoms with Gasteiger partial charge >= 0.3 is 0 Å². The Morgan fingerprint density at radius 1 is 0.438 bits per heavy atom. The summed E-state index contributed by atoms with van der Waals surface area (Å²) in [5, 5.41) is 8.47. The Balaban J connectivity index is 1.06. The minimum atomic E-state index is 0.710. The first kappa shape index (κ1) is 26.9. The van der Waals surface area contributed by atoms with E-state index in [1.165, 1.54) is 55.0 Å². The summed E-state index contributed by atoms with van der Waals surface area (Å²) in [6.45, 7) is 2.36. The van der Waals surface area contributed by atoms with Crippen LogP contribution in [0.2, 0.25) is 0 Å². The van der Waals surface area contributed by atoms with Crippen LogP contribution in [-0.4, -0.2) is 35.1 Å². The largest absolute Gasteiger partial charge is 0.370 e. The predicted molar refractivity (Wildman–Crippen MR) is 200 cm³/mol. The summed E-state index contributed by atoms with van der Waals surface area (Å²) in [5.41, 5.74) is 10.6. The monoisotopic (exact) mass is 620 g/mol. The van der Waals surface area contributed by atoms with Crippen molar-refractivity contribution in [1.29, 1.82) is 0 Å². The molecule has 48 heavy (non-hydrogen) atoms. The van der Waals surface area contributed by atoms with Crippen molar-refractivity contribution in [2.75, 3.05) is 29.4 Å². The summed E-state index contributed by atoms with van der Waals surface area (Å²) in [4.78, 5) is 9.75. The molecule has 0 aliphatic carbocycles. The van der Waals surface area contributed by atoms with Gasteiger partial charge in [-0.05, 0) is 60.7 Å². The SMILES string of the molecule is C1=NC2=C(CN1)N(c1cccc(-n3c4ccccc4c4ccccc43)c1)CCN2c1cccc(-n2c3ccccc3c3ccccc32)c1. The Kier molecular flexibility index (Phi) is 5.96. The van der Waals surface area contributed by atoms with Gasteiger partial charge in [0.2, 0.25) is 0 Å². The van der Waals surface area contributed by atoms with Gasteiger partial charge in [-0.3, -0.25) is 0 Å². The molecule has 0 amide bonds. The highest BCUT2D eigenvalue weighted by atomic mass is 15.3. The van der Waals surface area contributed by atoms with Crippen LogP contribution in [-0.2, 0) is 0 Å². The number of nitrogens with zero attached hydrogens (tertiary/aromatic N) is 5. The van der Waals surface area contributed by atoms with Crippen molar-refractivity contribution in [3.8, 4) is 11.4 Å². The number of rotatable bonds is 4. The van der Waals surface area contributed by atoms with Gasteiger partial charge < -0.3 is 24.3 Å². The van der Waals surface area contributed by atoms with E-state index in [0.717, 1.165) is 36.0 Å². The zero-order chi connectivity index (χ0) is 31.6. The number of aliphatic imine (C=N–C) groups is 1. The van der Waals surface area contributed by atoms with Crippen LogP contribution in [0.1, 0.15) is 0 Å². The molecule has 6 aromatic carbocycles. The molecule has 2 aliphatic rings. The molecular weight excluding hydrogens is 589 g/mol. The lowest BCUT2D eigenvalue weighted by Crippen LogP contribution is -2.46. The van der Waals surface area contributed by atoms with Gasteiger partial charge in [0.15, 0.2) is 5.82 Å². The van der Waals surface area contributed by atoms with Crippen LogP contribution in [0.15, 0.2) is 162 Å². The lowest BCUT2D eigenvalue weighted by atomic mass is 10.1. The predicted octanol–water partition coefficient (Wildman–Crippen LogP) is 9.01. The van der Waals surface area contributed by atoms with Crippen LogP contribution in [0.5, 0.6) is 0 Å². The third-order valence-electron chi connectivity index (χ3n) is 9.89. The van der Waals surface area contributed by atoms with Gasteiger partial charge in [-0.15, -0.1) is 0 Å². The van der Waals surface area contributed by atoms with Crippen LogP contribution in [0, 0.1) is 0 Å². The molecule has 8 aromatic rings. The van der Waals surface area contributed by atoms with Crippen molar-refractivity contribution < 1.29 is 0 Å². The van der Waals surface area contributed by atoms with Gasteiger partial charge in [0.25, 0.3) is 0 Å². The van der Waals surface area contributed by atoms with E-state index in [1.54, 1.807) is 0 Å². The zero-order valence-electron chi connectivity index (χ0n) is 26.3. The molecule has 230 valence electrons. The van der Waals surface area contributed by atoms with Gasteiger partial charge in [0.1, 0.15) is 0 Å². The summed E-state index contributed by atoms with van der Waals surface area (Å²) in [6.07, 6.45) is 1.83. The lowest BCUT2D eigenvalue weighted by Gasteiger charge is -2.40. The van der Waals surface area contributed by atoms with E-state index in [0.29, 0.717) is 6.54 Å². The third kappa shape index (κ3) is 4.02. The van der Waals surface area contributed by atoms with Gasteiger partial charge in [0, 0.05) is 57.4 Å². The van der Waals surface area contributed by atoms with Gasteiger partial charge in [-0.1, -0.05) is 84.9 Å².